The number of hydrogen-bond donors (Lipinski definition) is 0. The molecule has 1 aliphatic rings. The smallest absolute Gasteiger partial charge is 0.0893 e. The molecule has 0 radical (unpaired) electrons. The largest absolute Gasteiger partial charge is 0.359 e. The van der Waals surface area contributed by atoms with Crippen LogP contribution in [0.3, 0.4) is 0 Å². The molecule has 0 atom stereocenters. The van der Waals surface area contributed by atoms with E-state index in [1.54, 1.807) is 0 Å². The molecule has 0 aromatic rings. The first kappa shape index (κ1) is 35.4. The molecule has 38 heavy (non-hydrogen) atoms. The Morgan fingerprint density at radius 1 is 0.316 bits per heavy atom. The SMILES string of the molecule is CCCCCCCCCCCCCCCCCCN1C=CN(CCCCCCCCCCCCCCC)C1. The van der Waals surface area contributed by atoms with E-state index >= 15 is 0 Å². The van der Waals surface area contributed by atoms with Crippen LogP contribution in [0.25, 0.3) is 0 Å². The summed E-state index contributed by atoms with van der Waals surface area (Å²) in [4.78, 5) is 5.07. The van der Waals surface area contributed by atoms with E-state index in [1.165, 1.54) is 199 Å². The van der Waals surface area contributed by atoms with E-state index in [4.69, 9.17) is 0 Å². The van der Waals surface area contributed by atoms with E-state index in [9.17, 15) is 0 Å². The first-order valence-electron chi connectivity index (χ1n) is 18.0. The molecule has 0 fully saturated rings. The van der Waals surface area contributed by atoms with Crippen LogP contribution in [0.5, 0.6) is 0 Å². The number of hydrogen-bond acceptors (Lipinski definition) is 2. The molecule has 1 heterocycles. The van der Waals surface area contributed by atoms with Crippen LogP contribution in [0.2, 0.25) is 0 Å². The fourth-order valence-corrected chi connectivity index (χ4v) is 6.00. The van der Waals surface area contributed by atoms with Gasteiger partial charge in [-0.2, -0.15) is 0 Å². The van der Waals surface area contributed by atoms with Gasteiger partial charge in [-0.3, -0.25) is 0 Å². The quantitative estimate of drug-likeness (QED) is 0.0819. The van der Waals surface area contributed by atoms with Gasteiger partial charge in [0.2, 0.25) is 0 Å². The lowest BCUT2D eigenvalue weighted by atomic mass is 10.0. The van der Waals surface area contributed by atoms with Gasteiger partial charge in [0.15, 0.2) is 0 Å². The van der Waals surface area contributed by atoms with Crippen LogP contribution in [-0.2, 0) is 0 Å². The lowest BCUT2D eigenvalue weighted by molar-refractivity contribution is 0.257. The van der Waals surface area contributed by atoms with Gasteiger partial charge >= 0.3 is 0 Å². The standard InChI is InChI=1S/C36H72N2/c1-3-5-7-9-11-13-15-17-18-19-21-23-25-27-29-31-33-38-35-34-37(36-38)32-30-28-26-24-22-20-16-14-12-10-8-6-4-2/h34-35H,3-33,36H2,1-2H3. The van der Waals surface area contributed by atoms with E-state index in [-0.39, 0.29) is 0 Å². The minimum absolute atomic E-state index is 1.14. The second-order valence-corrected chi connectivity index (χ2v) is 12.6. The molecule has 1 rings (SSSR count). The zero-order chi connectivity index (χ0) is 27.2. The van der Waals surface area contributed by atoms with Crippen molar-refractivity contribution in [1.82, 2.24) is 9.80 Å². The van der Waals surface area contributed by atoms with Gasteiger partial charge in [0, 0.05) is 25.5 Å². The van der Waals surface area contributed by atoms with Crippen molar-refractivity contribution in [2.75, 3.05) is 19.8 Å². The Labute approximate surface area is 241 Å². The molecule has 0 amide bonds. The lowest BCUT2D eigenvalue weighted by Gasteiger charge is -2.21. The summed E-state index contributed by atoms with van der Waals surface area (Å²) in [6.45, 7) is 8.25. The predicted molar refractivity (Wildman–Crippen MR) is 173 cm³/mol. The molecule has 0 saturated carbocycles. The molecule has 0 spiro atoms. The van der Waals surface area contributed by atoms with Gasteiger partial charge in [0.1, 0.15) is 0 Å². The van der Waals surface area contributed by atoms with Gasteiger partial charge in [-0.25, -0.2) is 0 Å². The first-order valence-corrected chi connectivity index (χ1v) is 18.0. The fourth-order valence-electron chi connectivity index (χ4n) is 6.00. The maximum atomic E-state index is 2.53. The van der Waals surface area contributed by atoms with E-state index < -0.39 is 0 Å². The van der Waals surface area contributed by atoms with E-state index in [0.717, 1.165) is 6.67 Å². The zero-order valence-corrected chi connectivity index (χ0v) is 26.7. The molecule has 0 aliphatic carbocycles. The molecule has 0 bridgehead atoms. The van der Waals surface area contributed by atoms with E-state index in [1.807, 2.05) is 0 Å². The number of unbranched alkanes of at least 4 members (excludes halogenated alkanes) is 27. The molecule has 226 valence electrons. The number of rotatable bonds is 31. The van der Waals surface area contributed by atoms with Crippen molar-refractivity contribution in [2.24, 2.45) is 0 Å². The van der Waals surface area contributed by atoms with Gasteiger partial charge in [0.25, 0.3) is 0 Å². The Morgan fingerprint density at radius 3 is 0.763 bits per heavy atom. The third-order valence-corrected chi connectivity index (χ3v) is 8.70. The van der Waals surface area contributed by atoms with Gasteiger partial charge in [0.05, 0.1) is 6.67 Å². The molecule has 0 saturated heterocycles. The molecule has 2 nitrogen and oxygen atoms in total. The van der Waals surface area contributed by atoms with Gasteiger partial charge in [-0.1, -0.05) is 187 Å². The van der Waals surface area contributed by atoms with Gasteiger partial charge < -0.3 is 9.80 Å². The van der Waals surface area contributed by atoms with Crippen LogP contribution in [-0.4, -0.2) is 29.6 Å². The maximum absolute atomic E-state index is 2.53. The van der Waals surface area contributed by atoms with Crippen LogP contribution in [0, 0.1) is 0 Å². The highest BCUT2D eigenvalue weighted by Crippen LogP contribution is 2.16. The monoisotopic (exact) mass is 533 g/mol. The summed E-state index contributed by atoms with van der Waals surface area (Å²) in [5, 5.41) is 0. The summed E-state index contributed by atoms with van der Waals surface area (Å²) in [7, 11) is 0. The zero-order valence-electron chi connectivity index (χ0n) is 26.7. The lowest BCUT2D eigenvalue weighted by Crippen LogP contribution is -2.26. The van der Waals surface area contributed by atoms with Crippen LogP contribution in [0.1, 0.15) is 200 Å². The van der Waals surface area contributed by atoms with Crippen molar-refractivity contribution < 1.29 is 0 Å². The fraction of sp³-hybridized carbons (Fsp3) is 0.944. The minimum atomic E-state index is 1.14. The third-order valence-electron chi connectivity index (χ3n) is 8.70. The normalized spacial score (nSPS) is 13.3. The Hall–Kier alpha value is -0.660. The molecular formula is C36H72N2. The highest BCUT2D eigenvalue weighted by Gasteiger charge is 2.11. The molecule has 2 heteroatoms. The third kappa shape index (κ3) is 24.4. The van der Waals surface area contributed by atoms with Crippen LogP contribution >= 0.6 is 0 Å². The summed E-state index contributed by atoms with van der Waals surface area (Å²) >= 11 is 0. The van der Waals surface area contributed by atoms with Crippen molar-refractivity contribution in [1.29, 1.82) is 0 Å². The topological polar surface area (TPSA) is 6.48 Å². The van der Waals surface area contributed by atoms with Crippen LogP contribution < -0.4 is 0 Å². The summed E-state index contributed by atoms with van der Waals surface area (Å²) in [5.41, 5.74) is 0. The average Bonchev–Trinajstić information content (AvgIpc) is 3.38. The second kappa shape index (κ2) is 29.3. The molecular weight excluding hydrogens is 460 g/mol. The first-order chi connectivity index (χ1) is 18.9. The Morgan fingerprint density at radius 2 is 0.526 bits per heavy atom. The summed E-state index contributed by atoms with van der Waals surface area (Å²) < 4.78 is 0. The predicted octanol–water partition coefficient (Wildman–Crippen LogP) is 12.4. The number of nitrogens with zero attached hydrogens (tertiary/aromatic N) is 2. The van der Waals surface area contributed by atoms with Crippen LogP contribution in [0.15, 0.2) is 12.4 Å². The Balaban J connectivity index is 1.74. The van der Waals surface area contributed by atoms with Crippen molar-refractivity contribution in [3.8, 4) is 0 Å². The van der Waals surface area contributed by atoms with Crippen molar-refractivity contribution in [2.45, 2.75) is 200 Å². The highest BCUT2D eigenvalue weighted by molar-refractivity contribution is 4.90. The van der Waals surface area contributed by atoms with E-state index in [0.29, 0.717) is 0 Å². The Bertz CT molecular complexity index is 474. The molecule has 0 unspecified atom stereocenters. The average molecular weight is 533 g/mol. The maximum Gasteiger partial charge on any atom is 0.0893 e. The molecule has 0 aromatic heterocycles. The molecule has 0 N–H and O–H groups in total. The second-order valence-electron chi connectivity index (χ2n) is 12.6. The van der Waals surface area contributed by atoms with Gasteiger partial charge in [-0.15, -0.1) is 0 Å². The van der Waals surface area contributed by atoms with Crippen molar-refractivity contribution in [3.05, 3.63) is 12.4 Å². The summed E-state index contributed by atoms with van der Waals surface area (Å²) in [6.07, 6.45) is 46.7. The molecule has 0 aromatic carbocycles. The summed E-state index contributed by atoms with van der Waals surface area (Å²) in [6, 6.07) is 0. The van der Waals surface area contributed by atoms with Crippen molar-refractivity contribution >= 4 is 0 Å². The molecule has 1 aliphatic heterocycles. The van der Waals surface area contributed by atoms with Crippen molar-refractivity contribution in [3.63, 3.8) is 0 Å². The van der Waals surface area contributed by atoms with E-state index in [2.05, 4.69) is 36.0 Å². The highest BCUT2D eigenvalue weighted by atomic mass is 15.3. The summed E-state index contributed by atoms with van der Waals surface area (Å²) in [5.74, 6) is 0. The minimum Gasteiger partial charge on any atom is -0.359 e. The van der Waals surface area contributed by atoms with Crippen LogP contribution in [0.4, 0.5) is 0 Å². The Kier molecular flexibility index (Phi) is 27.3. The van der Waals surface area contributed by atoms with Gasteiger partial charge in [-0.05, 0) is 12.8 Å².